The molecule has 0 unspecified atom stereocenters. The fourth-order valence-corrected chi connectivity index (χ4v) is 0.314. The first kappa shape index (κ1) is 11.3. The molecule has 0 aromatic carbocycles. The SMILES string of the molecule is CC(C)=CCC(=N)N.Cl. The second kappa shape index (κ2) is 5.63. The number of hydrogen-bond acceptors (Lipinski definition) is 1. The molecule has 0 aliphatic heterocycles. The van der Waals surface area contributed by atoms with Gasteiger partial charge in [0.1, 0.15) is 0 Å². The maximum Gasteiger partial charge on any atom is 0.0943 e. The van der Waals surface area contributed by atoms with E-state index in [4.69, 9.17) is 11.1 Å². The molecule has 0 heterocycles. The Kier molecular flexibility index (Phi) is 7.08. The van der Waals surface area contributed by atoms with Gasteiger partial charge in [-0.25, -0.2) is 0 Å². The van der Waals surface area contributed by atoms with Gasteiger partial charge < -0.3 is 5.73 Å². The van der Waals surface area contributed by atoms with Crippen molar-refractivity contribution in [2.75, 3.05) is 0 Å². The summed E-state index contributed by atoms with van der Waals surface area (Å²) in [4.78, 5) is 0. The highest BCUT2D eigenvalue weighted by Gasteiger charge is 1.81. The molecule has 0 bridgehead atoms. The Bertz CT molecular complexity index is 114. The van der Waals surface area contributed by atoms with Gasteiger partial charge in [0.25, 0.3) is 0 Å². The molecule has 0 aromatic rings. The quantitative estimate of drug-likeness (QED) is 0.350. The van der Waals surface area contributed by atoms with Crippen molar-refractivity contribution in [1.82, 2.24) is 0 Å². The van der Waals surface area contributed by atoms with Crippen molar-refractivity contribution in [1.29, 1.82) is 5.41 Å². The van der Waals surface area contributed by atoms with E-state index in [0.29, 0.717) is 6.42 Å². The molecule has 0 radical (unpaired) electrons. The molecular weight excluding hydrogens is 136 g/mol. The highest BCUT2D eigenvalue weighted by Crippen LogP contribution is 1.90. The standard InChI is InChI=1S/C6H12N2.ClH/c1-5(2)3-4-6(7)8;/h3H,4H2,1-2H3,(H3,7,8);1H. The van der Waals surface area contributed by atoms with Crippen molar-refractivity contribution in [3.63, 3.8) is 0 Å². The smallest absolute Gasteiger partial charge is 0.0943 e. The number of nitrogens with two attached hydrogens (primary N) is 1. The van der Waals surface area contributed by atoms with E-state index < -0.39 is 0 Å². The summed E-state index contributed by atoms with van der Waals surface area (Å²) in [5.74, 6) is 0.228. The largest absolute Gasteiger partial charge is 0.387 e. The van der Waals surface area contributed by atoms with E-state index in [2.05, 4.69) is 0 Å². The van der Waals surface area contributed by atoms with E-state index in [1.165, 1.54) is 5.57 Å². The summed E-state index contributed by atoms with van der Waals surface area (Å²) in [6, 6.07) is 0. The van der Waals surface area contributed by atoms with Crippen LogP contribution in [0.1, 0.15) is 20.3 Å². The van der Waals surface area contributed by atoms with Gasteiger partial charge in [0.05, 0.1) is 5.84 Å². The maximum atomic E-state index is 6.82. The second-order valence-corrected chi connectivity index (χ2v) is 2.01. The van der Waals surface area contributed by atoms with Crippen molar-refractivity contribution in [3.05, 3.63) is 11.6 Å². The number of hydrogen-bond donors (Lipinski definition) is 2. The summed E-state index contributed by atoms with van der Waals surface area (Å²) in [5, 5.41) is 6.82. The molecule has 0 aromatic heterocycles. The third kappa shape index (κ3) is 11.2. The third-order valence-corrected chi connectivity index (χ3v) is 0.730. The van der Waals surface area contributed by atoms with E-state index in [0.717, 1.165) is 0 Å². The van der Waals surface area contributed by atoms with E-state index in [-0.39, 0.29) is 18.2 Å². The summed E-state index contributed by atoms with van der Waals surface area (Å²) in [6.07, 6.45) is 2.52. The molecule has 0 rings (SSSR count). The second-order valence-electron chi connectivity index (χ2n) is 2.01. The molecule has 0 aliphatic rings. The molecule has 9 heavy (non-hydrogen) atoms. The molecule has 0 saturated heterocycles. The Hall–Kier alpha value is -0.500. The van der Waals surface area contributed by atoms with Crippen molar-refractivity contribution in [2.45, 2.75) is 20.3 Å². The molecule has 54 valence electrons. The molecule has 0 atom stereocenters. The van der Waals surface area contributed by atoms with Gasteiger partial charge in [-0.2, -0.15) is 0 Å². The van der Waals surface area contributed by atoms with Crippen LogP contribution >= 0.6 is 12.4 Å². The van der Waals surface area contributed by atoms with Gasteiger partial charge in [0.15, 0.2) is 0 Å². The summed E-state index contributed by atoms with van der Waals surface area (Å²) < 4.78 is 0. The first-order valence-electron chi connectivity index (χ1n) is 2.59. The van der Waals surface area contributed by atoms with Crippen LogP contribution in [-0.4, -0.2) is 5.84 Å². The predicted octanol–water partition coefficient (Wildman–Crippen LogP) is 1.70. The zero-order valence-electron chi connectivity index (χ0n) is 5.77. The van der Waals surface area contributed by atoms with Gasteiger partial charge >= 0.3 is 0 Å². The molecule has 0 fully saturated rings. The van der Waals surface area contributed by atoms with Gasteiger partial charge in [0, 0.05) is 6.42 Å². The summed E-state index contributed by atoms with van der Waals surface area (Å²) >= 11 is 0. The lowest BCUT2D eigenvalue weighted by molar-refractivity contribution is 1.26. The Morgan fingerprint density at radius 3 is 2.11 bits per heavy atom. The molecule has 3 N–H and O–H groups in total. The molecular formula is C6H13ClN2. The molecule has 0 saturated carbocycles. The normalized spacial score (nSPS) is 7.33. The minimum Gasteiger partial charge on any atom is -0.387 e. The zero-order valence-corrected chi connectivity index (χ0v) is 6.59. The van der Waals surface area contributed by atoms with Crippen LogP contribution in [0.25, 0.3) is 0 Å². The Labute approximate surface area is 62.1 Å². The number of amidine groups is 1. The number of nitrogens with one attached hydrogen (secondary N) is 1. The Morgan fingerprint density at radius 2 is 2.00 bits per heavy atom. The first-order chi connectivity index (χ1) is 3.63. The van der Waals surface area contributed by atoms with Gasteiger partial charge in [0.2, 0.25) is 0 Å². The van der Waals surface area contributed by atoms with Crippen molar-refractivity contribution < 1.29 is 0 Å². The van der Waals surface area contributed by atoms with E-state index >= 15 is 0 Å². The Balaban J connectivity index is 0. The number of rotatable bonds is 2. The topological polar surface area (TPSA) is 49.9 Å². The summed E-state index contributed by atoms with van der Waals surface area (Å²) in [7, 11) is 0. The highest BCUT2D eigenvalue weighted by atomic mass is 35.5. The average molecular weight is 149 g/mol. The van der Waals surface area contributed by atoms with Crippen LogP contribution in [-0.2, 0) is 0 Å². The van der Waals surface area contributed by atoms with Crippen LogP contribution in [0.5, 0.6) is 0 Å². The van der Waals surface area contributed by atoms with Crippen molar-refractivity contribution in [2.24, 2.45) is 5.73 Å². The van der Waals surface area contributed by atoms with Gasteiger partial charge in [-0.3, -0.25) is 5.41 Å². The van der Waals surface area contributed by atoms with Crippen LogP contribution in [0.2, 0.25) is 0 Å². The number of allylic oxidation sites excluding steroid dienone is 1. The lowest BCUT2D eigenvalue weighted by Gasteiger charge is -1.88. The van der Waals surface area contributed by atoms with Crippen LogP contribution in [0.3, 0.4) is 0 Å². The molecule has 3 heteroatoms. The number of halogens is 1. The van der Waals surface area contributed by atoms with Crippen LogP contribution in [0.4, 0.5) is 0 Å². The van der Waals surface area contributed by atoms with Gasteiger partial charge in [-0.1, -0.05) is 11.6 Å². The van der Waals surface area contributed by atoms with E-state index in [9.17, 15) is 0 Å². The fourth-order valence-electron chi connectivity index (χ4n) is 0.314. The molecule has 0 spiro atoms. The van der Waals surface area contributed by atoms with Gasteiger partial charge in [-0.15, -0.1) is 12.4 Å². The van der Waals surface area contributed by atoms with Crippen LogP contribution < -0.4 is 5.73 Å². The highest BCUT2D eigenvalue weighted by molar-refractivity contribution is 5.85. The molecule has 2 nitrogen and oxygen atoms in total. The van der Waals surface area contributed by atoms with Crippen molar-refractivity contribution in [3.8, 4) is 0 Å². The Morgan fingerprint density at radius 1 is 1.56 bits per heavy atom. The lowest BCUT2D eigenvalue weighted by atomic mass is 10.2. The minimum atomic E-state index is 0. The van der Waals surface area contributed by atoms with Crippen LogP contribution in [0, 0.1) is 5.41 Å². The summed E-state index contributed by atoms with van der Waals surface area (Å²) in [6.45, 7) is 3.98. The minimum absolute atomic E-state index is 0. The van der Waals surface area contributed by atoms with Crippen molar-refractivity contribution >= 4 is 18.2 Å². The zero-order chi connectivity index (χ0) is 6.57. The predicted molar refractivity (Wildman–Crippen MR) is 43.2 cm³/mol. The maximum absolute atomic E-state index is 6.82. The average Bonchev–Trinajstić information content (AvgIpc) is 1.61. The third-order valence-electron chi connectivity index (χ3n) is 0.730. The summed E-state index contributed by atoms with van der Waals surface area (Å²) in [5.41, 5.74) is 6.29. The van der Waals surface area contributed by atoms with E-state index in [1.807, 2.05) is 19.9 Å². The molecule has 0 aliphatic carbocycles. The molecule has 0 amide bonds. The van der Waals surface area contributed by atoms with Crippen LogP contribution in [0.15, 0.2) is 11.6 Å². The lowest BCUT2D eigenvalue weighted by Crippen LogP contribution is -2.07. The van der Waals surface area contributed by atoms with Gasteiger partial charge in [-0.05, 0) is 13.8 Å². The fraction of sp³-hybridized carbons (Fsp3) is 0.500. The monoisotopic (exact) mass is 148 g/mol. The first-order valence-corrected chi connectivity index (χ1v) is 2.59. The van der Waals surface area contributed by atoms with E-state index in [1.54, 1.807) is 0 Å².